The number of aryl methyl sites for hydroxylation is 1. The van der Waals surface area contributed by atoms with Gasteiger partial charge in [0, 0.05) is 12.8 Å². The molecule has 0 spiro atoms. The molecule has 92 valence electrons. The molecule has 0 radical (unpaired) electrons. The van der Waals surface area contributed by atoms with Gasteiger partial charge in [-0.15, -0.1) is 0 Å². The Labute approximate surface area is 107 Å². The number of rotatable bonds is 4. The number of hydrogen-bond donors (Lipinski definition) is 1. The van der Waals surface area contributed by atoms with Crippen LogP contribution in [0.2, 0.25) is 0 Å². The lowest BCUT2D eigenvalue weighted by Gasteiger charge is -2.03. The van der Waals surface area contributed by atoms with E-state index in [0.29, 0.717) is 12.8 Å². The first kappa shape index (κ1) is 12.4. The molecule has 0 fully saturated rings. The van der Waals surface area contributed by atoms with Gasteiger partial charge in [-0.3, -0.25) is 4.79 Å². The molecular weight excluding hydrogens is 224 g/mol. The van der Waals surface area contributed by atoms with E-state index in [1.807, 2.05) is 37.3 Å². The number of carbonyl (C=O) groups excluding carboxylic acids is 1. The number of hydrogen-bond acceptors (Lipinski definition) is 2. The molecule has 0 aromatic heterocycles. The average molecular weight is 240 g/mol. The molecule has 0 saturated carbocycles. The molecule has 0 aliphatic carbocycles. The van der Waals surface area contributed by atoms with Crippen molar-refractivity contribution in [3.63, 3.8) is 0 Å². The van der Waals surface area contributed by atoms with Crippen molar-refractivity contribution in [1.82, 2.24) is 0 Å². The number of ketones is 1. The van der Waals surface area contributed by atoms with Crippen molar-refractivity contribution in [2.75, 3.05) is 0 Å². The standard InChI is InChI=1S/C16H16O2/c1-12-4-2-5-13(8-12)10-16(18)11-14-6-3-7-15(17)9-14/h2-9,17H,10-11H2,1H3. The first-order valence-electron chi connectivity index (χ1n) is 5.98. The Kier molecular flexibility index (Phi) is 3.78. The van der Waals surface area contributed by atoms with E-state index in [1.54, 1.807) is 18.2 Å². The largest absolute Gasteiger partial charge is 0.508 e. The van der Waals surface area contributed by atoms with Gasteiger partial charge in [0.25, 0.3) is 0 Å². The molecule has 2 rings (SSSR count). The number of aromatic hydroxyl groups is 1. The van der Waals surface area contributed by atoms with Crippen molar-refractivity contribution >= 4 is 5.78 Å². The van der Waals surface area contributed by atoms with Crippen LogP contribution in [-0.2, 0) is 17.6 Å². The van der Waals surface area contributed by atoms with Gasteiger partial charge in [0.1, 0.15) is 11.5 Å². The molecule has 0 amide bonds. The third kappa shape index (κ3) is 3.45. The molecule has 2 heteroatoms. The van der Waals surface area contributed by atoms with Crippen LogP contribution < -0.4 is 0 Å². The van der Waals surface area contributed by atoms with Gasteiger partial charge < -0.3 is 5.11 Å². The number of phenols is 1. The number of Topliss-reactive ketones (excluding diaryl/α,β-unsaturated/α-hetero) is 1. The zero-order valence-corrected chi connectivity index (χ0v) is 10.4. The van der Waals surface area contributed by atoms with Crippen LogP contribution in [0.25, 0.3) is 0 Å². The van der Waals surface area contributed by atoms with Crippen LogP contribution in [0, 0.1) is 6.92 Å². The number of phenolic OH excluding ortho intramolecular Hbond substituents is 1. The van der Waals surface area contributed by atoms with Crippen molar-refractivity contribution in [2.45, 2.75) is 19.8 Å². The Morgan fingerprint density at radius 3 is 2.22 bits per heavy atom. The zero-order valence-electron chi connectivity index (χ0n) is 10.4. The Morgan fingerprint density at radius 2 is 1.61 bits per heavy atom. The Balaban J connectivity index is 2.01. The minimum atomic E-state index is 0.159. The van der Waals surface area contributed by atoms with E-state index in [0.717, 1.165) is 16.7 Å². The molecule has 2 aromatic carbocycles. The summed E-state index contributed by atoms with van der Waals surface area (Å²) >= 11 is 0. The van der Waals surface area contributed by atoms with Crippen LogP contribution >= 0.6 is 0 Å². The van der Waals surface area contributed by atoms with Crippen LogP contribution in [0.15, 0.2) is 48.5 Å². The zero-order chi connectivity index (χ0) is 13.0. The first-order chi connectivity index (χ1) is 8.63. The van der Waals surface area contributed by atoms with Crippen LogP contribution in [0.4, 0.5) is 0 Å². The number of benzene rings is 2. The highest BCUT2D eigenvalue weighted by Gasteiger charge is 2.06. The fourth-order valence-corrected chi connectivity index (χ4v) is 2.01. The van der Waals surface area contributed by atoms with Crippen molar-refractivity contribution in [2.24, 2.45) is 0 Å². The van der Waals surface area contributed by atoms with E-state index in [2.05, 4.69) is 0 Å². The third-order valence-corrected chi connectivity index (χ3v) is 2.80. The van der Waals surface area contributed by atoms with Gasteiger partial charge in [0.05, 0.1) is 0 Å². The van der Waals surface area contributed by atoms with E-state index in [4.69, 9.17) is 0 Å². The fourth-order valence-electron chi connectivity index (χ4n) is 2.01. The molecule has 0 aliphatic heterocycles. The highest BCUT2D eigenvalue weighted by Crippen LogP contribution is 2.13. The molecular formula is C16H16O2. The maximum atomic E-state index is 11.9. The van der Waals surface area contributed by atoms with Gasteiger partial charge in [0.15, 0.2) is 0 Å². The van der Waals surface area contributed by atoms with E-state index in [-0.39, 0.29) is 11.5 Å². The van der Waals surface area contributed by atoms with Gasteiger partial charge in [-0.2, -0.15) is 0 Å². The minimum absolute atomic E-state index is 0.159. The monoisotopic (exact) mass is 240 g/mol. The average Bonchev–Trinajstić information content (AvgIpc) is 2.28. The molecule has 18 heavy (non-hydrogen) atoms. The quantitative estimate of drug-likeness (QED) is 0.891. The predicted molar refractivity (Wildman–Crippen MR) is 71.7 cm³/mol. The number of carbonyl (C=O) groups is 1. The first-order valence-corrected chi connectivity index (χ1v) is 5.98. The SMILES string of the molecule is Cc1cccc(CC(=O)Cc2cccc(O)c2)c1. The Hall–Kier alpha value is -2.09. The van der Waals surface area contributed by atoms with Crippen molar-refractivity contribution < 1.29 is 9.90 Å². The molecule has 0 heterocycles. The summed E-state index contributed by atoms with van der Waals surface area (Å²) in [6.45, 7) is 2.02. The summed E-state index contributed by atoms with van der Waals surface area (Å²) in [6.07, 6.45) is 0.805. The Morgan fingerprint density at radius 1 is 1.00 bits per heavy atom. The second-order valence-corrected chi connectivity index (χ2v) is 4.55. The summed E-state index contributed by atoms with van der Waals surface area (Å²) in [5, 5.41) is 9.34. The molecule has 0 aliphatic rings. The second kappa shape index (κ2) is 5.50. The highest BCUT2D eigenvalue weighted by atomic mass is 16.3. The molecule has 1 N–H and O–H groups in total. The van der Waals surface area contributed by atoms with E-state index in [9.17, 15) is 9.90 Å². The summed E-state index contributed by atoms with van der Waals surface area (Å²) in [7, 11) is 0. The van der Waals surface area contributed by atoms with Crippen LogP contribution in [0.1, 0.15) is 16.7 Å². The van der Waals surface area contributed by atoms with Gasteiger partial charge >= 0.3 is 0 Å². The summed E-state index contributed by atoms with van der Waals surface area (Å²) in [5.74, 6) is 0.363. The summed E-state index contributed by atoms with van der Waals surface area (Å²) < 4.78 is 0. The normalized spacial score (nSPS) is 10.3. The molecule has 0 unspecified atom stereocenters. The third-order valence-electron chi connectivity index (χ3n) is 2.80. The van der Waals surface area contributed by atoms with Gasteiger partial charge in [0.2, 0.25) is 0 Å². The van der Waals surface area contributed by atoms with Gasteiger partial charge in [-0.1, -0.05) is 42.0 Å². The van der Waals surface area contributed by atoms with Gasteiger partial charge in [-0.05, 0) is 30.2 Å². The summed E-state index contributed by atoms with van der Waals surface area (Å²) in [6, 6.07) is 14.8. The maximum absolute atomic E-state index is 11.9. The van der Waals surface area contributed by atoms with Crippen molar-refractivity contribution in [1.29, 1.82) is 0 Å². The lowest BCUT2D eigenvalue weighted by atomic mass is 10.0. The fraction of sp³-hybridized carbons (Fsp3) is 0.188. The smallest absolute Gasteiger partial charge is 0.141 e. The van der Waals surface area contributed by atoms with Gasteiger partial charge in [-0.25, -0.2) is 0 Å². The van der Waals surface area contributed by atoms with Crippen molar-refractivity contribution in [3.8, 4) is 5.75 Å². The Bertz CT molecular complexity index is 509. The maximum Gasteiger partial charge on any atom is 0.141 e. The van der Waals surface area contributed by atoms with Crippen molar-refractivity contribution in [3.05, 3.63) is 65.2 Å². The second-order valence-electron chi connectivity index (χ2n) is 4.55. The molecule has 0 atom stereocenters. The molecule has 2 aromatic rings. The lowest BCUT2D eigenvalue weighted by Crippen LogP contribution is -2.06. The van der Waals surface area contributed by atoms with E-state index >= 15 is 0 Å². The van der Waals surface area contributed by atoms with Crippen LogP contribution in [-0.4, -0.2) is 10.9 Å². The summed E-state index contributed by atoms with van der Waals surface area (Å²) in [5.41, 5.74) is 3.06. The minimum Gasteiger partial charge on any atom is -0.508 e. The van der Waals surface area contributed by atoms with Crippen LogP contribution in [0.3, 0.4) is 0 Å². The topological polar surface area (TPSA) is 37.3 Å². The predicted octanol–water partition coefficient (Wildman–Crippen LogP) is 3.05. The molecule has 0 saturated heterocycles. The van der Waals surface area contributed by atoms with Crippen LogP contribution in [0.5, 0.6) is 5.75 Å². The van der Waals surface area contributed by atoms with E-state index < -0.39 is 0 Å². The lowest BCUT2D eigenvalue weighted by molar-refractivity contribution is -0.117. The summed E-state index contributed by atoms with van der Waals surface area (Å²) in [4.78, 5) is 11.9. The molecule has 0 bridgehead atoms. The van der Waals surface area contributed by atoms with E-state index in [1.165, 1.54) is 0 Å². The molecule has 2 nitrogen and oxygen atoms in total. The highest BCUT2D eigenvalue weighted by molar-refractivity contribution is 5.83.